The van der Waals surface area contributed by atoms with Crippen molar-refractivity contribution >= 4 is 27.7 Å². The summed E-state index contributed by atoms with van der Waals surface area (Å²) in [6.07, 6.45) is 0.278. The van der Waals surface area contributed by atoms with E-state index in [0.29, 0.717) is 22.4 Å². The number of rotatable bonds is 10. The highest BCUT2D eigenvalue weighted by Crippen LogP contribution is 2.30. The number of hydrogen-bond donors (Lipinski definition) is 2. The minimum Gasteiger partial charge on any atom is -0.357 e. The topological polar surface area (TPSA) is 122 Å². The van der Waals surface area contributed by atoms with Gasteiger partial charge in [0.15, 0.2) is 0 Å². The molecule has 0 radical (unpaired) electrons. The lowest BCUT2D eigenvalue weighted by molar-refractivity contribution is -0.142. The average Bonchev–Trinajstić information content (AvgIpc) is 3.19. The van der Waals surface area contributed by atoms with E-state index in [2.05, 4.69) is 15.2 Å². The molecule has 0 saturated carbocycles. The summed E-state index contributed by atoms with van der Waals surface area (Å²) < 4.78 is 34.1. The Hall–Kier alpha value is -3.66. The van der Waals surface area contributed by atoms with E-state index in [1.807, 2.05) is 38.1 Å². The third kappa shape index (κ3) is 6.19. The number of aryl methyl sites for hydroxylation is 1. The first-order chi connectivity index (χ1) is 17.5. The van der Waals surface area contributed by atoms with Crippen molar-refractivity contribution in [2.24, 2.45) is 5.92 Å². The van der Waals surface area contributed by atoms with Gasteiger partial charge in [-0.1, -0.05) is 68.4 Å². The van der Waals surface area contributed by atoms with Crippen molar-refractivity contribution < 1.29 is 22.5 Å². The van der Waals surface area contributed by atoms with Crippen LogP contribution in [-0.2, 0) is 26.2 Å². The van der Waals surface area contributed by atoms with Crippen LogP contribution >= 0.6 is 0 Å². The summed E-state index contributed by atoms with van der Waals surface area (Å²) in [6, 6.07) is 13.4. The van der Waals surface area contributed by atoms with E-state index in [0.717, 1.165) is 5.56 Å². The molecule has 2 amide bonds. The van der Waals surface area contributed by atoms with Crippen LogP contribution in [0.3, 0.4) is 0 Å². The Balaban J connectivity index is 1.92. The van der Waals surface area contributed by atoms with Crippen molar-refractivity contribution in [3.8, 4) is 11.1 Å². The van der Waals surface area contributed by atoms with E-state index < -0.39 is 16.1 Å². The van der Waals surface area contributed by atoms with Crippen LogP contribution in [0.2, 0.25) is 0 Å². The Morgan fingerprint density at radius 1 is 1.05 bits per heavy atom. The van der Waals surface area contributed by atoms with Crippen molar-refractivity contribution in [2.45, 2.75) is 58.5 Å². The lowest BCUT2D eigenvalue weighted by Gasteiger charge is -2.33. The quantitative estimate of drug-likeness (QED) is 0.407. The predicted octanol–water partition coefficient (Wildman–Crippen LogP) is 4.27. The number of carbonyl (C=O) groups excluding carboxylic acids is 2. The van der Waals surface area contributed by atoms with Gasteiger partial charge in [0.25, 0.3) is 10.0 Å². The Morgan fingerprint density at radius 2 is 1.70 bits per heavy atom. The fourth-order valence-corrected chi connectivity index (χ4v) is 5.39. The first-order valence-corrected chi connectivity index (χ1v) is 13.6. The summed E-state index contributed by atoms with van der Waals surface area (Å²) in [7, 11) is -2.40. The molecule has 1 aromatic heterocycles. The second-order valence-electron chi connectivity index (χ2n) is 9.20. The van der Waals surface area contributed by atoms with E-state index in [4.69, 9.17) is 4.52 Å². The average molecular weight is 527 g/mol. The van der Waals surface area contributed by atoms with Crippen LogP contribution in [-0.4, -0.2) is 43.4 Å². The second kappa shape index (κ2) is 11.6. The molecule has 1 heterocycles. The number of sulfonamides is 1. The molecule has 0 aliphatic carbocycles. The molecule has 0 fully saturated rings. The molecule has 0 spiro atoms. The van der Waals surface area contributed by atoms with Gasteiger partial charge in [-0.15, -0.1) is 0 Å². The van der Waals surface area contributed by atoms with Crippen LogP contribution < -0.4 is 10.0 Å². The molecule has 1 atom stereocenters. The molecule has 9 nitrogen and oxygen atoms in total. The highest BCUT2D eigenvalue weighted by molar-refractivity contribution is 7.92. The predicted molar refractivity (Wildman–Crippen MR) is 142 cm³/mol. The second-order valence-corrected chi connectivity index (χ2v) is 10.8. The third-order valence-electron chi connectivity index (χ3n) is 6.28. The van der Waals surface area contributed by atoms with Gasteiger partial charge in [0.1, 0.15) is 6.04 Å². The summed E-state index contributed by atoms with van der Waals surface area (Å²) in [5, 5.41) is 6.47. The van der Waals surface area contributed by atoms with Gasteiger partial charge < -0.3 is 14.7 Å². The van der Waals surface area contributed by atoms with Gasteiger partial charge >= 0.3 is 0 Å². The smallest absolute Gasteiger partial charge is 0.264 e. The number of nitrogens with one attached hydrogen (secondary N) is 2. The summed E-state index contributed by atoms with van der Waals surface area (Å²) in [6.45, 7) is 9.31. The Kier molecular flexibility index (Phi) is 8.75. The molecule has 37 heavy (non-hydrogen) atoms. The SMILES string of the molecule is CCC(=O)N(Cc1ccc(-c2ccccc2S(=O)(=O)Nc2onc(C)c2C)cc1)[C@H](C(=O)NC)C(C)C. The van der Waals surface area contributed by atoms with E-state index in [9.17, 15) is 18.0 Å². The van der Waals surface area contributed by atoms with Crippen LogP contribution in [0.25, 0.3) is 11.1 Å². The third-order valence-corrected chi connectivity index (χ3v) is 7.67. The largest absolute Gasteiger partial charge is 0.357 e. The van der Waals surface area contributed by atoms with Crippen LogP contribution in [0.1, 0.15) is 44.0 Å². The number of aromatic nitrogens is 1. The molecular formula is C27H34N4O5S. The van der Waals surface area contributed by atoms with E-state index >= 15 is 0 Å². The number of amides is 2. The van der Waals surface area contributed by atoms with Gasteiger partial charge in [-0.05, 0) is 37.0 Å². The van der Waals surface area contributed by atoms with Crippen molar-refractivity contribution in [3.05, 3.63) is 65.4 Å². The molecule has 0 aliphatic heterocycles. The maximum absolute atomic E-state index is 13.2. The summed E-state index contributed by atoms with van der Waals surface area (Å²) in [5.41, 5.74) is 3.25. The van der Waals surface area contributed by atoms with E-state index in [1.165, 1.54) is 6.07 Å². The Morgan fingerprint density at radius 3 is 2.24 bits per heavy atom. The maximum atomic E-state index is 13.2. The molecule has 2 N–H and O–H groups in total. The molecule has 0 aliphatic rings. The number of nitrogens with zero attached hydrogens (tertiary/aromatic N) is 2. The summed E-state index contributed by atoms with van der Waals surface area (Å²) in [4.78, 5) is 27.0. The van der Waals surface area contributed by atoms with E-state index in [-0.39, 0.29) is 41.5 Å². The van der Waals surface area contributed by atoms with Gasteiger partial charge in [-0.25, -0.2) is 13.1 Å². The highest BCUT2D eigenvalue weighted by atomic mass is 32.2. The number of carbonyl (C=O) groups is 2. The molecule has 0 unspecified atom stereocenters. The lowest BCUT2D eigenvalue weighted by atomic mass is 9.99. The molecular weight excluding hydrogens is 492 g/mol. The molecule has 198 valence electrons. The number of anilines is 1. The van der Waals surface area contributed by atoms with Crippen molar-refractivity contribution in [1.82, 2.24) is 15.4 Å². The van der Waals surface area contributed by atoms with Crippen LogP contribution in [0.4, 0.5) is 5.88 Å². The van der Waals surface area contributed by atoms with Crippen molar-refractivity contribution in [2.75, 3.05) is 11.8 Å². The molecule has 3 rings (SSSR count). The normalized spacial score (nSPS) is 12.3. The summed E-state index contributed by atoms with van der Waals surface area (Å²) >= 11 is 0. The van der Waals surface area contributed by atoms with Crippen LogP contribution in [0, 0.1) is 19.8 Å². The minimum atomic E-state index is -3.96. The summed E-state index contributed by atoms with van der Waals surface area (Å²) in [5.74, 6) is -0.320. The molecule has 2 aromatic carbocycles. The zero-order valence-corrected chi connectivity index (χ0v) is 22.8. The first kappa shape index (κ1) is 27.9. The lowest BCUT2D eigenvalue weighted by Crippen LogP contribution is -2.51. The maximum Gasteiger partial charge on any atom is 0.264 e. The Bertz CT molecular complexity index is 1360. The standard InChI is InChI=1S/C27H34N4O5S/c1-7-24(32)31(25(17(2)3)26(33)28-6)16-20-12-14-21(15-13-20)22-10-8-9-11-23(22)37(34,35)30-27-18(4)19(5)29-36-27/h8-15,17,25,30H,7,16H2,1-6H3,(H,28,33)/t25-/m0/s1. The fourth-order valence-electron chi connectivity index (χ4n) is 4.11. The molecule has 10 heteroatoms. The van der Waals surface area contributed by atoms with Gasteiger partial charge in [0, 0.05) is 31.1 Å². The zero-order valence-electron chi connectivity index (χ0n) is 22.0. The van der Waals surface area contributed by atoms with Crippen LogP contribution in [0.15, 0.2) is 57.9 Å². The van der Waals surface area contributed by atoms with Crippen molar-refractivity contribution in [1.29, 1.82) is 0 Å². The minimum absolute atomic E-state index is 0.0731. The van der Waals surface area contributed by atoms with Crippen molar-refractivity contribution in [3.63, 3.8) is 0 Å². The highest BCUT2D eigenvalue weighted by Gasteiger charge is 2.31. The molecule has 3 aromatic rings. The van der Waals surface area contributed by atoms with E-state index in [1.54, 1.807) is 50.9 Å². The van der Waals surface area contributed by atoms with Gasteiger partial charge in [-0.3, -0.25) is 9.59 Å². The van der Waals surface area contributed by atoms with Gasteiger partial charge in [0.05, 0.1) is 10.6 Å². The number of benzene rings is 2. The van der Waals surface area contributed by atoms with Gasteiger partial charge in [-0.2, -0.15) is 0 Å². The van der Waals surface area contributed by atoms with Gasteiger partial charge in [0.2, 0.25) is 17.7 Å². The van der Waals surface area contributed by atoms with Crippen LogP contribution in [0.5, 0.6) is 0 Å². The number of hydrogen-bond acceptors (Lipinski definition) is 6. The fraction of sp³-hybridized carbons (Fsp3) is 0.370. The zero-order chi connectivity index (χ0) is 27.3. The first-order valence-electron chi connectivity index (χ1n) is 12.1. The molecule has 0 bridgehead atoms. The monoisotopic (exact) mass is 526 g/mol. The Labute approximate surface area is 218 Å². The molecule has 0 saturated heterocycles. The number of likely N-dealkylation sites (N-methyl/N-ethyl adjacent to an activating group) is 1.